The second kappa shape index (κ2) is 3.18. The molecule has 1 aromatic rings. The summed E-state index contributed by atoms with van der Waals surface area (Å²) in [7, 11) is 1.55. The second-order valence-corrected chi connectivity index (χ2v) is 5.66. The summed E-state index contributed by atoms with van der Waals surface area (Å²) in [6.45, 7) is 0. The summed E-state index contributed by atoms with van der Waals surface area (Å²) in [6, 6.07) is 10.7. The smallest absolute Gasteiger partial charge is 0.271 e. The average molecular weight is 291 g/mol. The van der Waals surface area contributed by atoms with Crippen molar-refractivity contribution in [1.82, 2.24) is 0 Å². The zero-order valence-corrected chi connectivity index (χ0v) is 11.5. The molecule has 106 valence electrons. The molecule has 4 rings (SSSR count). The molecule has 2 aliphatic heterocycles. The molecule has 3 aliphatic rings. The molecular formula is C15H9N5O2. The number of nitriles is 2. The van der Waals surface area contributed by atoms with Crippen LogP contribution in [0.25, 0.3) is 0 Å². The van der Waals surface area contributed by atoms with Gasteiger partial charge in [-0.3, -0.25) is 9.59 Å². The topological polar surface area (TPSA) is 123 Å². The van der Waals surface area contributed by atoms with Gasteiger partial charge in [-0.1, -0.05) is 18.2 Å². The Balaban J connectivity index is 2.17. The van der Waals surface area contributed by atoms with Gasteiger partial charge in [-0.2, -0.15) is 15.5 Å². The van der Waals surface area contributed by atoms with Crippen molar-refractivity contribution < 1.29 is 9.59 Å². The van der Waals surface area contributed by atoms with Crippen molar-refractivity contribution in [2.75, 3.05) is 11.9 Å². The van der Waals surface area contributed by atoms with Gasteiger partial charge in [0.15, 0.2) is 10.8 Å². The highest BCUT2D eigenvalue weighted by atomic mass is 16.2. The lowest BCUT2D eigenvalue weighted by Gasteiger charge is -2.15. The lowest BCUT2D eigenvalue weighted by molar-refractivity contribution is -0.126. The van der Waals surface area contributed by atoms with Gasteiger partial charge in [0.05, 0.1) is 12.1 Å². The number of nitrogens with two attached hydrogens (primary N) is 1. The molecule has 0 radical (unpaired) electrons. The lowest BCUT2D eigenvalue weighted by atomic mass is 9.85. The fraction of sp³-hybridized carbons (Fsp3) is 0.267. The van der Waals surface area contributed by atoms with Gasteiger partial charge in [-0.25, -0.2) is 0 Å². The van der Waals surface area contributed by atoms with Crippen LogP contribution in [0.2, 0.25) is 0 Å². The number of aliphatic imine (C=N–C) groups is 1. The monoisotopic (exact) mass is 291 g/mol. The largest absolute Gasteiger partial charge is 0.386 e. The van der Waals surface area contributed by atoms with Crippen molar-refractivity contribution in [3.63, 3.8) is 0 Å². The number of carbonyl (C=O) groups is 2. The van der Waals surface area contributed by atoms with E-state index in [1.807, 2.05) is 12.1 Å². The zero-order valence-electron chi connectivity index (χ0n) is 11.5. The van der Waals surface area contributed by atoms with Gasteiger partial charge >= 0.3 is 0 Å². The molecule has 1 saturated carbocycles. The van der Waals surface area contributed by atoms with Crippen LogP contribution in [0.4, 0.5) is 5.69 Å². The molecule has 2 N–H and O–H groups in total. The molecule has 7 heteroatoms. The normalized spacial score (nSPS) is 37.4. The predicted molar refractivity (Wildman–Crippen MR) is 74.3 cm³/mol. The Hall–Kier alpha value is -3.19. The number of likely N-dealkylation sites (N-methyl/N-ethyl adjacent to an activating group) is 1. The van der Waals surface area contributed by atoms with Crippen molar-refractivity contribution >= 4 is 23.3 Å². The van der Waals surface area contributed by atoms with Gasteiger partial charge in [-0.05, 0) is 11.6 Å². The molecule has 2 amide bonds. The predicted octanol–water partition coefficient (Wildman–Crippen LogP) is -0.168. The fourth-order valence-corrected chi connectivity index (χ4v) is 4.27. The van der Waals surface area contributed by atoms with Crippen LogP contribution < -0.4 is 10.6 Å². The number of rotatable bonds is 0. The quantitative estimate of drug-likeness (QED) is 0.710. The third-order valence-corrected chi connectivity index (χ3v) is 5.18. The van der Waals surface area contributed by atoms with Crippen molar-refractivity contribution in [1.29, 1.82) is 10.5 Å². The van der Waals surface area contributed by atoms with Gasteiger partial charge in [-0.15, -0.1) is 0 Å². The Kier molecular flexibility index (Phi) is 1.81. The summed E-state index contributed by atoms with van der Waals surface area (Å²) in [5, 5.41) is 19.4. The Morgan fingerprint density at radius 3 is 2.41 bits per heavy atom. The van der Waals surface area contributed by atoms with E-state index in [2.05, 4.69) is 4.99 Å². The lowest BCUT2D eigenvalue weighted by Crippen LogP contribution is -2.39. The van der Waals surface area contributed by atoms with Crippen LogP contribution in [-0.2, 0) is 15.0 Å². The summed E-state index contributed by atoms with van der Waals surface area (Å²) < 4.78 is 0. The van der Waals surface area contributed by atoms with E-state index in [0.717, 1.165) is 0 Å². The first-order valence-electron chi connectivity index (χ1n) is 6.56. The maximum atomic E-state index is 12.9. The van der Waals surface area contributed by atoms with E-state index < -0.39 is 28.1 Å². The molecule has 1 spiro atoms. The SMILES string of the molecule is CN1C(=O)[C@]2(c3ccccc31)[C@]1(C#N)C(=O)N=C(N)[C@]12C#N. The Morgan fingerprint density at radius 1 is 1.18 bits per heavy atom. The number of amides is 2. The highest BCUT2D eigenvalue weighted by Gasteiger charge is 3.02. The van der Waals surface area contributed by atoms with E-state index in [-0.39, 0.29) is 5.84 Å². The molecule has 0 bridgehead atoms. The van der Waals surface area contributed by atoms with Crippen LogP contribution in [-0.4, -0.2) is 24.7 Å². The summed E-state index contributed by atoms with van der Waals surface area (Å²) in [5.41, 5.74) is 1.71. The number of nitrogens with zero attached hydrogens (tertiary/aromatic N) is 4. The number of anilines is 1. The number of fused-ring (bicyclic) bond motifs is 5. The van der Waals surface area contributed by atoms with Crippen molar-refractivity contribution in [2.45, 2.75) is 5.41 Å². The molecular weight excluding hydrogens is 282 g/mol. The van der Waals surface area contributed by atoms with Crippen LogP contribution in [0, 0.1) is 33.5 Å². The van der Waals surface area contributed by atoms with E-state index in [1.165, 1.54) is 4.90 Å². The summed E-state index contributed by atoms with van der Waals surface area (Å²) in [5.74, 6) is -1.53. The van der Waals surface area contributed by atoms with Crippen LogP contribution >= 0.6 is 0 Å². The van der Waals surface area contributed by atoms with Gasteiger partial charge in [0.25, 0.3) is 5.91 Å². The highest BCUT2D eigenvalue weighted by Crippen LogP contribution is 2.83. The van der Waals surface area contributed by atoms with Crippen molar-refractivity contribution in [2.24, 2.45) is 21.6 Å². The molecule has 3 atom stereocenters. The Bertz CT molecular complexity index is 907. The molecule has 22 heavy (non-hydrogen) atoms. The minimum atomic E-state index is -1.86. The van der Waals surface area contributed by atoms with Gasteiger partial charge in [0.2, 0.25) is 5.91 Å². The van der Waals surface area contributed by atoms with Crippen LogP contribution in [0.5, 0.6) is 0 Å². The average Bonchev–Trinajstić information content (AvgIpc) is 2.94. The Labute approximate surface area is 125 Å². The fourth-order valence-electron chi connectivity index (χ4n) is 4.27. The molecule has 7 nitrogen and oxygen atoms in total. The summed E-state index contributed by atoms with van der Waals surface area (Å²) in [4.78, 5) is 30.3. The maximum Gasteiger partial charge on any atom is 0.271 e. The number of amidine groups is 1. The number of benzene rings is 1. The number of hydrogen-bond donors (Lipinski definition) is 1. The number of para-hydroxylation sites is 1. The van der Waals surface area contributed by atoms with E-state index >= 15 is 0 Å². The number of hydrogen-bond acceptors (Lipinski definition) is 5. The Morgan fingerprint density at radius 2 is 1.82 bits per heavy atom. The molecule has 1 aromatic carbocycles. The van der Waals surface area contributed by atoms with Crippen molar-refractivity contribution in [3.8, 4) is 12.1 Å². The van der Waals surface area contributed by atoms with E-state index in [1.54, 1.807) is 31.3 Å². The zero-order chi connectivity index (χ0) is 15.9. The van der Waals surface area contributed by atoms with Crippen LogP contribution in [0.3, 0.4) is 0 Å². The van der Waals surface area contributed by atoms with Gasteiger partial charge in [0, 0.05) is 12.7 Å². The third kappa shape index (κ3) is 0.751. The van der Waals surface area contributed by atoms with Crippen LogP contribution in [0.1, 0.15) is 5.56 Å². The molecule has 1 fully saturated rings. The third-order valence-electron chi connectivity index (χ3n) is 5.18. The summed E-state index contributed by atoms with van der Waals surface area (Å²) in [6.07, 6.45) is 0. The first-order chi connectivity index (χ1) is 10.5. The van der Waals surface area contributed by atoms with E-state index in [9.17, 15) is 20.1 Å². The second-order valence-electron chi connectivity index (χ2n) is 5.66. The first-order valence-corrected chi connectivity index (χ1v) is 6.56. The molecule has 1 aliphatic carbocycles. The minimum Gasteiger partial charge on any atom is -0.386 e. The molecule has 2 heterocycles. The summed E-state index contributed by atoms with van der Waals surface area (Å²) >= 11 is 0. The minimum absolute atomic E-state index is 0.250. The molecule has 0 saturated heterocycles. The van der Waals surface area contributed by atoms with Crippen molar-refractivity contribution in [3.05, 3.63) is 29.8 Å². The first kappa shape index (κ1) is 12.5. The molecule has 0 unspecified atom stereocenters. The number of carbonyl (C=O) groups excluding carboxylic acids is 2. The molecule has 0 aromatic heterocycles. The standard InChI is InChI=1S/C15H9N5O2/c1-20-9-5-3-2-4-8(9)15(12(20)22)13(6-16)10(18)19-11(21)14(13,15)7-17/h2-5H,1H3,(H2,18,19,21)/t13-,14-,15+/m1/s1. The van der Waals surface area contributed by atoms with Crippen LogP contribution in [0.15, 0.2) is 29.3 Å². The van der Waals surface area contributed by atoms with E-state index in [0.29, 0.717) is 11.3 Å². The maximum absolute atomic E-state index is 12.9. The van der Waals surface area contributed by atoms with Gasteiger partial charge in [0.1, 0.15) is 11.3 Å². The highest BCUT2D eigenvalue weighted by molar-refractivity contribution is 6.30. The van der Waals surface area contributed by atoms with Gasteiger partial charge < -0.3 is 10.6 Å². The van der Waals surface area contributed by atoms with E-state index in [4.69, 9.17) is 5.73 Å².